The molecule has 8 nitrogen and oxygen atoms in total. The molecule has 0 radical (unpaired) electrons. The third-order valence-electron chi connectivity index (χ3n) is 6.40. The van der Waals surface area contributed by atoms with E-state index in [1.54, 1.807) is 6.92 Å². The molecule has 0 fully saturated rings. The molecular weight excluding hydrogens is 560 g/mol. The Morgan fingerprint density at radius 1 is 0.902 bits per heavy atom. The van der Waals surface area contributed by atoms with E-state index in [0.717, 1.165) is 23.1 Å². The van der Waals surface area contributed by atoms with Crippen LogP contribution in [-0.4, -0.2) is 39.7 Å². The van der Waals surface area contributed by atoms with E-state index in [-0.39, 0.29) is 28.1 Å². The molecule has 1 aromatic heterocycles. The lowest BCUT2D eigenvalue weighted by Crippen LogP contribution is -2.40. The van der Waals surface area contributed by atoms with Gasteiger partial charge in [0.2, 0.25) is 0 Å². The second-order valence-corrected chi connectivity index (χ2v) is 15.9. The van der Waals surface area contributed by atoms with Gasteiger partial charge in [-0.1, -0.05) is 43.7 Å². The number of benzene rings is 2. The summed E-state index contributed by atoms with van der Waals surface area (Å²) in [5.74, 6) is -0.117. The number of hydrogen-bond donors (Lipinski definition) is 1. The Morgan fingerprint density at radius 3 is 1.98 bits per heavy atom. The number of hydrogen-bond acceptors (Lipinski definition) is 7. The largest absolute Gasteiger partial charge is 0.445 e. The summed E-state index contributed by atoms with van der Waals surface area (Å²) in [7, 11) is -7.37. The molecule has 1 N–H and O–H groups in total. The van der Waals surface area contributed by atoms with Gasteiger partial charge in [0.25, 0.3) is 0 Å². The standard InChI is InChI=1S/C31H40N2O6S2/c1-20(2)17-28-26(18-39-30(34)33-31(5,6)7)29(23-11-9-21(3)10-12-23)27(22(4)32-28)19-41(37,38)25-15-13-24(14-16-25)40(8,35)36/h9-16,20H,17-19H2,1-8H3,(H,33,34). The summed E-state index contributed by atoms with van der Waals surface area (Å²) >= 11 is 0. The van der Waals surface area contributed by atoms with Crippen LogP contribution in [0.15, 0.2) is 58.3 Å². The van der Waals surface area contributed by atoms with Gasteiger partial charge in [0.1, 0.15) is 6.61 Å². The number of pyridine rings is 1. The van der Waals surface area contributed by atoms with Crippen LogP contribution >= 0.6 is 0 Å². The first-order valence-electron chi connectivity index (χ1n) is 13.4. The van der Waals surface area contributed by atoms with E-state index in [1.807, 2.05) is 52.0 Å². The molecule has 0 bridgehead atoms. The van der Waals surface area contributed by atoms with Crippen LogP contribution in [0.25, 0.3) is 11.1 Å². The summed E-state index contributed by atoms with van der Waals surface area (Å²) in [6.07, 6.45) is 1.10. The van der Waals surface area contributed by atoms with Crippen molar-refractivity contribution in [1.82, 2.24) is 10.3 Å². The minimum absolute atomic E-state index is 0.00719. The highest BCUT2D eigenvalue weighted by Crippen LogP contribution is 2.35. The lowest BCUT2D eigenvalue weighted by molar-refractivity contribution is 0.131. The predicted octanol–water partition coefficient (Wildman–Crippen LogP) is 5.97. The smallest absolute Gasteiger partial charge is 0.407 e. The van der Waals surface area contributed by atoms with Crippen molar-refractivity contribution in [2.45, 2.75) is 82.6 Å². The van der Waals surface area contributed by atoms with Crippen molar-refractivity contribution in [1.29, 1.82) is 0 Å². The number of nitrogens with zero attached hydrogens (tertiary/aromatic N) is 1. The number of nitrogens with one attached hydrogen (secondary N) is 1. The fourth-order valence-electron chi connectivity index (χ4n) is 4.45. The fraction of sp³-hybridized carbons (Fsp3) is 0.419. The molecule has 0 aliphatic rings. The Labute approximate surface area is 244 Å². The van der Waals surface area contributed by atoms with Crippen molar-refractivity contribution < 1.29 is 26.4 Å². The Hall–Kier alpha value is -3.24. The van der Waals surface area contributed by atoms with Gasteiger partial charge < -0.3 is 10.1 Å². The predicted molar refractivity (Wildman–Crippen MR) is 161 cm³/mol. The first-order valence-corrected chi connectivity index (χ1v) is 17.0. The highest BCUT2D eigenvalue weighted by Gasteiger charge is 2.26. The number of aryl methyl sites for hydroxylation is 2. The lowest BCUT2D eigenvalue weighted by Gasteiger charge is -2.23. The van der Waals surface area contributed by atoms with Crippen LogP contribution in [0.3, 0.4) is 0 Å². The number of ether oxygens (including phenoxy) is 1. The van der Waals surface area contributed by atoms with Gasteiger partial charge in [-0.2, -0.15) is 0 Å². The third kappa shape index (κ3) is 8.63. The minimum Gasteiger partial charge on any atom is -0.445 e. The van der Waals surface area contributed by atoms with Gasteiger partial charge in [-0.3, -0.25) is 4.98 Å². The first kappa shape index (κ1) is 32.3. The molecule has 222 valence electrons. The number of aromatic nitrogens is 1. The van der Waals surface area contributed by atoms with Crippen LogP contribution < -0.4 is 5.32 Å². The molecule has 3 aromatic rings. The number of amides is 1. The normalized spacial score (nSPS) is 12.4. The fourth-order valence-corrected chi connectivity index (χ4v) is 6.53. The maximum atomic E-state index is 13.7. The number of rotatable bonds is 9. The molecule has 0 aliphatic carbocycles. The summed E-state index contributed by atoms with van der Waals surface area (Å²) < 4.78 is 56.8. The molecule has 3 rings (SSSR count). The average molecular weight is 601 g/mol. The van der Waals surface area contributed by atoms with E-state index in [4.69, 9.17) is 9.72 Å². The van der Waals surface area contributed by atoms with Crippen LogP contribution in [0.1, 0.15) is 62.7 Å². The maximum absolute atomic E-state index is 13.7. The molecule has 2 aromatic carbocycles. The van der Waals surface area contributed by atoms with E-state index in [9.17, 15) is 21.6 Å². The van der Waals surface area contributed by atoms with E-state index >= 15 is 0 Å². The van der Waals surface area contributed by atoms with E-state index in [0.29, 0.717) is 28.8 Å². The molecule has 0 saturated heterocycles. The Morgan fingerprint density at radius 2 is 1.46 bits per heavy atom. The number of carbonyl (C=O) groups is 1. The highest BCUT2D eigenvalue weighted by molar-refractivity contribution is 7.91. The molecule has 10 heteroatoms. The summed E-state index contributed by atoms with van der Waals surface area (Å²) in [5, 5.41) is 2.80. The molecule has 1 amide bonds. The van der Waals surface area contributed by atoms with Crippen LogP contribution in [0, 0.1) is 19.8 Å². The van der Waals surface area contributed by atoms with Crippen LogP contribution in [0.5, 0.6) is 0 Å². The van der Waals surface area contributed by atoms with Crippen molar-refractivity contribution in [3.63, 3.8) is 0 Å². The zero-order valence-electron chi connectivity index (χ0n) is 25.0. The summed E-state index contributed by atoms with van der Waals surface area (Å²) in [4.78, 5) is 17.5. The van der Waals surface area contributed by atoms with Gasteiger partial charge in [-0.15, -0.1) is 0 Å². The van der Waals surface area contributed by atoms with Crippen LogP contribution in [-0.2, 0) is 43.2 Å². The number of carbonyl (C=O) groups excluding carboxylic acids is 1. The number of alkyl carbamates (subject to hydrolysis) is 1. The van der Waals surface area contributed by atoms with Crippen molar-refractivity contribution >= 4 is 25.8 Å². The second kappa shape index (κ2) is 12.3. The van der Waals surface area contributed by atoms with E-state index in [2.05, 4.69) is 19.2 Å². The van der Waals surface area contributed by atoms with E-state index in [1.165, 1.54) is 24.3 Å². The first-order chi connectivity index (χ1) is 18.9. The van der Waals surface area contributed by atoms with Crippen LogP contribution in [0.2, 0.25) is 0 Å². The van der Waals surface area contributed by atoms with Gasteiger partial charge in [-0.05, 0) is 87.9 Å². The second-order valence-electron chi connectivity index (χ2n) is 11.9. The molecule has 41 heavy (non-hydrogen) atoms. The molecular formula is C31H40N2O6S2. The zero-order valence-corrected chi connectivity index (χ0v) is 26.7. The van der Waals surface area contributed by atoms with E-state index < -0.39 is 31.3 Å². The summed E-state index contributed by atoms with van der Waals surface area (Å²) in [5.41, 5.74) is 4.50. The average Bonchev–Trinajstić information content (AvgIpc) is 2.83. The quantitative estimate of drug-likeness (QED) is 0.322. The third-order valence-corrected chi connectivity index (χ3v) is 9.19. The Balaban J connectivity index is 2.20. The molecule has 0 saturated carbocycles. The lowest BCUT2D eigenvalue weighted by atomic mass is 9.90. The molecule has 0 unspecified atom stereocenters. The van der Waals surface area contributed by atoms with Gasteiger partial charge in [0.05, 0.1) is 15.5 Å². The Kier molecular flexibility index (Phi) is 9.70. The van der Waals surface area contributed by atoms with Crippen molar-refractivity contribution in [2.24, 2.45) is 5.92 Å². The highest BCUT2D eigenvalue weighted by atomic mass is 32.2. The van der Waals surface area contributed by atoms with Crippen molar-refractivity contribution in [2.75, 3.05) is 6.26 Å². The summed E-state index contributed by atoms with van der Waals surface area (Å²) in [6, 6.07) is 13.0. The molecule has 0 spiro atoms. The minimum atomic E-state index is -3.90. The Bertz CT molecular complexity index is 1620. The van der Waals surface area contributed by atoms with Gasteiger partial charge in [-0.25, -0.2) is 21.6 Å². The maximum Gasteiger partial charge on any atom is 0.407 e. The van der Waals surface area contributed by atoms with Gasteiger partial charge >= 0.3 is 6.09 Å². The van der Waals surface area contributed by atoms with Gasteiger partial charge in [0, 0.05) is 28.7 Å². The topological polar surface area (TPSA) is 120 Å². The molecule has 0 aliphatic heterocycles. The van der Waals surface area contributed by atoms with Crippen molar-refractivity contribution in [3.8, 4) is 11.1 Å². The van der Waals surface area contributed by atoms with Gasteiger partial charge in [0.15, 0.2) is 19.7 Å². The van der Waals surface area contributed by atoms with Crippen molar-refractivity contribution in [3.05, 3.63) is 76.6 Å². The zero-order chi connectivity index (χ0) is 30.8. The summed E-state index contributed by atoms with van der Waals surface area (Å²) in [6.45, 7) is 13.4. The monoisotopic (exact) mass is 600 g/mol. The van der Waals surface area contributed by atoms with Crippen LogP contribution in [0.4, 0.5) is 4.79 Å². The SMILES string of the molecule is Cc1ccc(-c2c(CS(=O)(=O)c3ccc(S(C)(=O)=O)cc3)c(C)nc(CC(C)C)c2COC(=O)NC(C)(C)C)cc1. The number of sulfone groups is 2. The molecule has 0 atom stereocenters. The molecule has 1 heterocycles.